The van der Waals surface area contributed by atoms with Gasteiger partial charge >= 0.3 is 0 Å². The van der Waals surface area contributed by atoms with E-state index < -0.39 is 0 Å². The van der Waals surface area contributed by atoms with Crippen LogP contribution in [0.25, 0.3) is 0 Å². The van der Waals surface area contributed by atoms with Crippen molar-refractivity contribution in [2.75, 3.05) is 26.2 Å². The summed E-state index contributed by atoms with van der Waals surface area (Å²) in [5.74, 6) is -0.473. The molecule has 2 aliphatic rings. The number of nitrogens with zero attached hydrogens (tertiary/aromatic N) is 2. The van der Waals surface area contributed by atoms with E-state index >= 15 is 0 Å². The quantitative estimate of drug-likeness (QED) is 0.796. The molecule has 2 amide bonds. The number of rotatable bonds is 2. The molecule has 0 unspecified atom stereocenters. The Hall–Kier alpha value is -1.10. The highest BCUT2D eigenvalue weighted by Crippen LogP contribution is 2.24. The first-order chi connectivity index (χ1) is 9.08. The van der Waals surface area contributed by atoms with E-state index in [1.807, 2.05) is 0 Å². The van der Waals surface area contributed by atoms with Crippen LogP contribution in [0.15, 0.2) is 0 Å². The molecule has 1 heterocycles. The third kappa shape index (κ3) is 3.69. The van der Waals surface area contributed by atoms with Crippen molar-refractivity contribution in [3.05, 3.63) is 0 Å². The summed E-state index contributed by atoms with van der Waals surface area (Å²) in [6.45, 7) is 4.34. The lowest BCUT2D eigenvalue weighted by Gasteiger charge is -2.34. The molecule has 5 nitrogen and oxygen atoms in total. The first-order valence-corrected chi connectivity index (χ1v) is 7.37. The molecule has 2 fully saturated rings. The molecular weight excluding hydrogens is 242 g/mol. The van der Waals surface area contributed by atoms with Crippen LogP contribution in [0.1, 0.15) is 39.0 Å². The number of amides is 2. The van der Waals surface area contributed by atoms with Crippen molar-refractivity contribution < 1.29 is 9.59 Å². The first-order valence-electron chi connectivity index (χ1n) is 7.37. The minimum atomic E-state index is -0.283. The number of carbonyl (C=O) groups excluding carboxylic acids is 2. The summed E-state index contributed by atoms with van der Waals surface area (Å²) in [7, 11) is 0. The van der Waals surface area contributed by atoms with Crippen LogP contribution >= 0.6 is 0 Å². The first kappa shape index (κ1) is 14.3. The van der Waals surface area contributed by atoms with Crippen molar-refractivity contribution in [1.29, 1.82) is 0 Å². The molecule has 0 spiro atoms. The van der Waals surface area contributed by atoms with Crippen molar-refractivity contribution in [1.82, 2.24) is 9.80 Å². The molecule has 1 saturated heterocycles. The molecule has 2 rings (SSSR count). The summed E-state index contributed by atoms with van der Waals surface area (Å²) < 4.78 is 0. The molecular formula is C14H25N3O2. The summed E-state index contributed by atoms with van der Waals surface area (Å²) in [6, 6.07) is 0.572. The van der Waals surface area contributed by atoms with Crippen molar-refractivity contribution in [2.45, 2.75) is 45.1 Å². The zero-order chi connectivity index (χ0) is 13.8. The molecule has 19 heavy (non-hydrogen) atoms. The fourth-order valence-corrected chi connectivity index (χ4v) is 3.28. The third-order valence-corrected chi connectivity index (χ3v) is 4.49. The van der Waals surface area contributed by atoms with Gasteiger partial charge in [-0.3, -0.25) is 14.5 Å². The van der Waals surface area contributed by atoms with Crippen molar-refractivity contribution in [3.63, 3.8) is 0 Å². The second-order valence-electron chi connectivity index (χ2n) is 5.85. The Morgan fingerprint density at radius 2 is 1.74 bits per heavy atom. The van der Waals surface area contributed by atoms with Gasteiger partial charge in [0.25, 0.3) is 0 Å². The lowest BCUT2D eigenvalue weighted by atomic mass is 9.93. The molecule has 0 aromatic heterocycles. The van der Waals surface area contributed by atoms with E-state index in [2.05, 4.69) is 4.90 Å². The Morgan fingerprint density at radius 1 is 1.05 bits per heavy atom. The van der Waals surface area contributed by atoms with Gasteiger partial charge in [-0.1, -0.05) is 19.3 Å². The molecule has 108 valence electrons. The highest BCUT2D eigenvalue weighted by atomic mass is 16.2. The Bertz CT molecular complexity index is 340. The fourth-order valence-electron chi connectivity index (χ4n) is 3.28. The number of nitrogens with two attached hydrogens (primary N) is 1. The maximum Gasteiger partial charge on any atom is 0.223 e. The molecule has 0 bridgehead atoms. The molecule has 1 saturated carbocycles. The average Bonchev–Trinajstić information content (AvgIpc) is 2.62. The molecule has 0 aromatic carbocycles. The van der Waals surface area contributed by atoms with Gasteiger partial charge in [0.15, 0.2) is 0 Å². The maximum atomic E-state index is 11.6. The molecule has 2 N–H and O–H groups in total. The van der Waals surface area contributed by atoms with Crippen LogP contribution < -0.4 is 5.73 Å². The van der Waals surface area contributed by atoms with E-state index in [0.29, 0.717) is 19.1 Å². The minimum absolute atomic E-state index is 0.0387. The molecule has 1 aliphatic heterocycles. The number of hydrogen-bond acceptors (Lipinski definition) is 3. The van der Waals surface area contributed by atoms with Gasteiger partial charge in [-0.05, 0) is 12.8 Å². The Kier molecular flexibility index (Phi) is 4.80. The topological polar surface area (TPSA) is 66.6 Å². The van der Waals surface area contributed by atoms with Gasteiger partial charge in [0.1, 0.15) is 0 Å². The van der Waals surface area contributed by atoms with Gasteiger partial charge in [0.05, 0.1) is 5.92 Å². The van der Waals surface area contributed by atoms with Gasteiger partial charge in [-0.2, -0.15) is 0 Å². The number of hydrogen-bond donors (Lipinski definition) is 1. The maximum absolute atomic E-state index is 11.6. The highest BCUT2D eigenvalue weighted by Gasteiger charge is 2.31. The van der Waals surface area contributed by atoms with Crippen molar-refractivity contribution >= 4 is 11.8 Å². The van der Waals surface area contributed by atoms with E-state index in [0.717, 1.165) is 13.1 Å². The molecule has 1 aliphatic carbocycles. The molecule has 5 heteroatoms. The monoisotopic (exact) mass is 267 g/mol. The third-order valence-electron chi connectivity index (χ3n) is 4.49. The van der Waals surface area contributed by atoms with Gasteiger partial charge < -0.3 is 10.6 Å². The fraction of sp³-hybridized carbons (Fsp3) is 0.857. The van der Waals surface area contributed by atoms with Gasteiger partial charge in [-0.25, -0.2) is 0 Å². The second kappa shape index (κ2) is 6.37. The normalized spacial score (nSPS) is 27.0. The minimum Gasteiger partial charge on any atom is -0.369 e. The van der Waals surface area contributed by atoms with E-state index in [-0.39, 0.29) is 17.7 Å². The molecule has 1 atom stereocenters. The SMILES string of the molecule is CC(=O)N1CCN(C2CCCCC2)C[C@@H](C(N)=O)C1. The van der Waals surface area contributed by atoms with Gasteiger partial charge in [-0.15, -0.1) is 0 Å². The summed E-state index contributed by atoms with van der Waals surface area (Å²) >= 11 is 0. The summed E-state index contributed by atoms with van der Waals surface area (Å²) in [5.41, 5.74) is 5.49. The number of carbonyl (C=O) groups is 2. The smallest absolute Gasteiger partial charge is 0.223 e. The lowest BCUT2D eigenvalue weighted by Crippen LogP contribution is -2.43. The van der Waals surface area contributed by atoms with Crippen LogP contribution in [-0.2, 0) is 9.59 Å². The van der Waals surface area contributed by atoms with Crippen LogP contribution in [0.3, 0.4) is 0 Å². The Morgan fingerprint density at radius 3 is 2.32 bits per heavy atom. The van der Waals surface area contributed by atoms with Crippen LogP contribution in [0.2, 0.25) is 0 Å². The van der Waals surface area contributed by atoms with Gasteiger partial charge in [0.2, 0.25) is 11.8 Å². The van der Waals surface area contributed by atoms with Crippen molar-refractivity contribution in [3.8, 4) is 0 Å². The summed E-state index contributed by atoms with van der Waals surface area (Å²) in [5, 5.41) is 0. The zero-order valence-corrected chi connectivity index (χ0v) is 11.8. The molecule has 0 aromatic rings. The molecule has 0 radical (unpaired) electrons. The summed E-state index contributed by atoms with van der Waals surface area (Å²) in [4.78, 5) is 27.3. The largest absolute Gasteiger partial charge is 0.369 e. The van der Waals surface area contributed by atoms with Crippen LogP contribution in [-0.4, -0.2) is 53.8 Å². The highest BCUT2D eigenvalue weighted by molar-refractivity contribution is 5.79. The predicted molar refractivity (Wildman–Crippen MR) is 73.4 cm³/mol. The van der Waals surface area contributed by atoms with Crippen molar-refractivity contribution in [2.24, 2.45) is 11.7 Å². The van der Waals surface area contributed by atoms with E-state index in [9.17, 15) is 9.59 Å². The van der Waals surface area contributed by atoms with Crippen LogP contribution in [0.5, 0.6) is 0 Å². The Balaban J connectivity index is 2.04. The van der Waals surface area contributed by atoms with E-state index in [4.69, 9.17) is 5.73 Å². The standard InChI is InChI=1S/C14H25N3O2/c1-11(18)16-7-8-17(10-12(9-16)14(15)19)13-5-3-2-4-6-13/h12-13H,2-10H2,1H3,(H2,15,19)/t12-/m0/s1. The van der Waals surface area contributed by atoms with Crippen LogP contribution in [0.4, 0.5) is 0 Å². The lowest BCUT2D eigenvalue weighted by molar-refractivity contribution is -0.130. The summed E-state index contributed by atoms with van der Waals surface area (Å²) in [6.07, 6.45) is 6.30. The predicted octanol–water partition coefficient (Wildman–Crippen LogP) is 0.585. The second-order valence-corrected chi connectivity index (χ2v) is 5.85. The van der Waals surface area contributed by atoms with E-state index in [1.165, 1.54) is 32.1 Å². The average molecular weight is 267 g/mol. The van der Waals surface area contributed by atoms with E-state index in [1.54, 1.807) is 11.8 Å². The van der Waals surface area contributed by atoms with Gasteiger partial charge in [0, 0.05) is 39.1 Å². The number of primary amides is 1. The Labute approximate surface area is 115 Å². The van der Waals surface area contributed by atoms with Crippen LogP contribution in [0, 0.1) is 5.92 Å². The zero-order valence-electron chi connectivity index (χ0n) is 11.8.